The second kappa shape index (κ2) is 11.3. The molecule has 0 radical (unpaired) electrons. The zero-order valence-corrected chi connectivity index (χ0v) is 21.2. The number of hydrogen-bond acceptors (Lipinski definition) is 5. The fourth-order valence-corrected chi connectivity index (χ4v) is 4.59. The van der Waals surface area contributed by atoms with E-state index < -0.39 is 30.5 Å². The Morgan fingerprint density at radius 3 is 2.54 bits per heavy atom. The van der Waals surface area contributed by atoms with Crippen LogP contribution in [-0.4, -0.2) is 30.6 Å². The lowest BCUT2D eigenvalue weighted by Gasteiger charge is -2.28. The van der Waals surface area contributed by atoms with E-state index in [-0.39, 0.29) is 49.2 Å². The summed E-state index contributed by atoms with van der Waals surface area (Å²) in [6, 6.07) is 14.4. The highest BCUT2D eigenvalue weighted by Crippen LogP contribution is 2.42. The van der Waals surface area contributed by atoms with E-state index in [9.17, 15) is 13.6 Å². The van der Waals surface area contributed by atoms with E-state index in [1.807, 2.05) is 37.3 Å². The summed E-state index contributed by atoms with van der Waals surface area (Å²) < 4.78 is 59.9. The normalized spacial score (nSPS) is 17.0. The van der Waals surface area contributed by atoms with Gasteiger partial charge in [0.1, 0.15) is 18.1 Å². The second-order valence-electron chi connectivity index (χ2n) is 9.38. The number of Topliss-reactive ketones (excluding diaryl/α,β-unsaturated/α-hetero) is 1. The standard InChI is InChI=1S/C29H30F3NO4/c1-18-13-26(36-16-20-7-5-4-6-8-20)27(30)19(2)22(18)14-21-9-10-25(37-17-35-3)28(33-21)23-15-29(31,32)12-11-24(23)34/h4-10,13,23H,11-12,14-17H2,1-3H3. The van der Waals surface area contributed by atoms with Crippen LogP contribution in [-0.2, 0) is 22.6 Å². The van der Waals surface area contributed by atoms with Gasteiger partial charge >= 0.3 is 0 Å². The number of ether oxygens (including phenoxy) is 3. The Balaban J connectivity index is 1.62. The van der Waals surface area contributed by atoms with Gasteiger partial charge in [-0.15, -0.1) is 0 Å². The molecule has 0 N–H and O–H groups in total. The molecule has 37 heavy (non-hydrogen) atoms. The van der Waals surface area contributed by atoms with Gasteiger partial charge in [0, 0.05) is 38.5 Å². The van der Waals surface area contributed by atoms with Gasteiger partial charge in [0.25, 0.3) is 0 Å². The molecule has 1 aliphatic carbocycles. The average Bonchev–Trinajstić information content (AvgIpc) is 2.89. The van der Waals surface area contributed by atoms with Crippen LogP contribution in [0.2, 0.25) is 0 Å². The highest BCUT2D eigenvalue weighted by molar-refractivity contribution is 5.87. The number of methoxy groups -OCH3 is 1. The molecule has 1 aromatic heterocycles. The number of aryl methyl sites for hydroxylation is 1. The number of carbonyl (C=O) groups excluding carboxylic acids is 1. The molecule has 0 bridgehead atoms. The number of rotatable bonds is 9. The largest absolute Gasteiger partial charge is 0.486 e. The van der Waals surface area contributed by atoms with Crippen molar-refractivity contribution in [1.29, 1.82) is 0 Å². The molecule has 8 heteroatoms. The first-order valence-corrected chi connectivity index (χ1v) is 12.2. The first-order chi connectivity index (χ1) is 17.7. The van der Waals surface area contributed by atoms with Crippen LogP contribution in [0.15, 0.2) is 48.5 Å². The van der Waals surface area contributed by atoms with E-state index in [1.54, 1.807) is 25.1 Å². The monoisotopic (exact) mass is 513 g/mol. The first-order valence-electron chi connectivity index (χ1n) is 12.2. The fraction of sp³-hybridized carbons (Fsp3) is 0.379. The van der Waals surface area contributed by atoms with Crippen molar-refractivity contribution in [2.75, 3.05) is 13.9 Å². The number of hydrogen-bond donors (Lipinski definition) is 0. The topological polar surface area (TPSA) is 57.6 Å². The SMILES string of the molecule is COCOc1ccc(Cc2c(C)cc(OCc3ccccc3)c(F)c2C)nc1C1CC(F)(F)CCC1=O. The molecule has 3 aromatic rings. The van der Waals surface area contributed by atoms with E-state index in [2.05, 4.69) is 4.98 Å². The Kier molecular flexibility index (Phi) is 8.17. The zero-order valence-electron chi connectivity index (χ0n) is 21.2. The Morgan fingerprint density at radius 1 is 1.05 bits per heavy atom. The molecule has 2 aromatic carbocycles. The molecule has 0 spiro atoms. The van der Waals surface area contributed by atoms with Crippen molar-refractivity contribution in [3.63, 3.8) is 0 Å². The number of nitrogens with zero attached hydrogens (tertiary/aromatic N) is 1. The van der Waals surface area contributed by atoms with Crippen LogP contribution in [0.4, 0.5) is 13.2 Å². The lowest BCUT2D eigenvalue weighted by molar-refractivity contribution is -0.131. The summed E-state index contributed by atoms with van der Waals surface area (Å²) in [4.78, 5) is 17.2. The van der Waals surface area contributed by atoms with E-state index in [4.69, 9.17) is 14.2 Å². The van der Waals surface area contributed by atoms with Crippen LogP contribution < -0.4 is 9.47 Å². The van der Waals surface area contributed by atoms with Crippen molar-refractivity contribution in [3.05, 3.63) is 88.0 Å². The van der Waals surface area contributed by atoms with Gasteiger partial charge in [-0.1, -0.05) is 30.3 Å². The lowest BCUT2D eigenvalue weighted by Crippen LogP contribution is -2.32. The van der Waals surface area contributed by atoms with Crippen molar-refractivity contribution in [2.45, 2.75) is 58.0 Å². The minimum Gasteiger partial charge on any atom is -0.486 e. The quantitative estimate of drug-likeness (QED) is 0.307. The van der Waals surface area contributed by atoms with Gasteiger partial charge in [0.2, 0.25) is 5.92 Å². The van der Waals surface area contributed by atoms with Gasteiger partial charge < -0.3 is 14.2 Å². The minimum absolute atomic E-state index is 0.112. The number of ketones is 1. The molecule has 1 unspecified atom stereocenters. The third kappa shape index (κ3) is 6.31. The number of halogens is 3. The van der Waals surface area contributed by atoms with E-state index >= 15 is 4.39 Å². The first kappa shape index (κ1) is 26.7. The molecular weight excluding hydrogens is 483 g/mol. The molecular formula is C29H30F3NO4. The summed E-state index contributed by atoms with van der Waals surface area (Å²) in [5, 5.41) is 0. The van der Waals surface area contributed by atoms with Gasteiger partial charge in [-0.25, -0.2) is 13.2 Å². The van der Waals surface area contributed by atoms with E-state index in [0.717, 1.165) is 11.1 Å². The van der Waals surface area contributed by atoms with Crippen LogP contribution >= 0.6 is 0 Å². The molecule has 0 amide bonds. The number of aromatic nitrogens is 1. The van der Waals surface area contributed by atoms with Crippen LogP contribution in [0.5, 0.6) is 11.5 Å². The average molecular weight is 514 g/mol. The smallest absolute Gasteiger partial charge is 0.249 e. The number of pyridine rings is 1. The highest BCUT2D eigenvalue weighted by Gasteiger charge is 2.43. The Morgan fingerprint density at radius 2 is 1.81 bits per heavy atom. The Bertz CT molecular complexity index is 1260. The Hall–Kier alpha value is -3.39. The van der Waals surface area contributed by atoms with Gasteiger partial charge in [-0.05, 0) is 54.3 Å². The van der Waals surface area contributed by atoms with Crippen LogP contribution in [0.1, 0.15) is 58.8 Å². The van der Waals surface area contributed by atoms with Gasteiger partial charge in [-0.2, -0.15) is 0 Å². The van der Waals surface area contributed by atoms with E-state index in [0.29, 0.717) is 16.8 Å². The summed E-state index contributed by atoms with van der Waals surface area (Å²) in [5.74, 6) is -4.40. The molecule has 1 heterocycles. The van der Waals surface area contributed by atoms with Crippen molar-refractivity contribution in [2.24, 2.45) is 0 Å². The maximum Gasteiger partial charge on any atom is 0.249 e. The zero-order chi connectivity index (χ0) is 26.6. The lowest BCUT2D eigenvalue weighted by atomic mass is 9.82. The number of benzene rings is 2. The minimum atomic E-state index is -2.96. The fourth-order valence-electron chi connectivity index (χ4n) is 4.59. The van der Waals surface area contributed by atoms with Crippen LogP contribution in [0, 0.1) is 19.7 Å². The van der Waals surface area contributed by atoms with Crippen molar-refractivity contribution >= 4 is 5.78 Å². The van der Waals surface area contributed by atoms with Crippen LogP contribution in [0.25, 0.3) is 0 Å². The molecule has 0 aliphatic heterocycles. The predicted octanol–water partition coefficient (Wildman–Crippen LogP) is 6.46. The van der Waals surface area contributed by atoms with Crippen molar-refractivity contribution < 1.29 is 32.2 Å². The molecule has 4 rings (SSSR count). The molecule has 196 valence electrons. The second-order valence-corrected chi connectivity index (χ2v) is 9.38. The van der Waals surface area contributed by atoms with Gasteiger partial charge in [-0.3, -0.25) is 9.78 Å². The van der Waals surface area contributed by atoms with Gasteiger partial charge in [0.15, 0.2) is 18.4 Å². The maximum atomic E-state index is 15.3. The molecule has 1 fully saturated rings. The predicted molar refractivity (Wildman–Crippen MR) is 133 cm³/mol. The summed E-state index contributed by atoms with van der Waals surface area (Å²) in [6.07, 6.45) is -1.05. The third-order valence-electron chi connectivity index (χ3n) is 6.65. The Labute approximate surface area is 214 Å². The molecule has 5 nitrogen and oxygen atoms in total. The summed E-state index contributed by atoms with van der Waals surface area (Å²) in [5.41, 5.74) is 3.56. The molecule has 1 atom stereocenters. The third-order valence-corrected chi connectivity index (χ3v) is 6.65. The summed E-state index contributed by atoms with van der Waals surface area (Å²) in [6.45, 7) is 3.66. The summed E-state index contributed by atoms with van der Waals surface area (Å²) >= 11 is 0. The number of carbonyl (C=O) groups is 1. The molecule has 0 saturated heterocycles. The van der Waals surface area contributed by atoms with Gasteiger partial charge in [0.05, 0.1) is 11.6 Å². The highest BCUT2D eigenvalue weighted by atomic mass is 19.3. The van der Waals surface area contributed by atoms with Crippen molar-refractivity contribution in [1.82, 2.24) is 4.98 Å². The molecule has 1 saturated carbocycles. The van der Waals surface area contributed by atoms with Crippen LogP contribution in [0.3, 0.4) is 0 Å². The maximum absolute atomic E-state index is 15.3. The summed E-state index contributed by atoms with van der Waals surface area (Å²) in [7, 11) is 1.44. The number of alkyl halides is 2. The molecule has 1 aliphatic rings. The van der Waals surface area contributed by atoms with Crippen molar-refractivity contribution in [3.8, 4) is 11.5 Å². The van der Waals surface area contributed by atoms with E-state index in [1.165, 1.54) is 7.11 Å².